The molecule has 0 spiro atoms. The molecule has 2 aromatic carbocycles. The second kappa shape index (κ2) is 8.82. The van der Waals surface area contributed by atoms with Crippen LogP contribution < -0.4 is 4.72 Å². The summed E-state index contributed by atoms with van der Waals surface area (Å²) < 4.78 is 34.8. The lowest BCUT2D eigenvalue weighted by Gasteiger charge is -2.31. The Balaban J connectivity index is 1.86. The Bertz CT molecular complexity index is 843. The molecule has 1 N–H and O–H groups in total. The van der Waals surface area contributed by atoms with Crippen LogP contribution >= 0.6 is 27.5 Å². The summed E-state index contributed by atoms with van der Waals surface area (Å²) in [6.45, 7) is 3.45. The quantitative estimate of drug-likeness (QED) is 0.719. The van der Waals surface area contributed by atoms with Crippen LogP contribution in [0.2, 0.25) is 5.02 Å². The van der Waals surface area contributed by atoms with E-state index in [1.54, 1.807) is 12.1 Å². The summed E-state index contributed by atoms with van der Waals surface area (Å²) in [6.07, 6.45) is 0. The summed E-state index contributed by atoms with van der Waals surface area (Å²) in [5.41, 5.74) is 0.913. The van der Waals surface area contributed by atoms with E-state index in [-0.39, 0.29) is 16.0 Å². The van der Waals surface area contributed by atoms with Crippen molar-refractivity contribution in [1.82, 2.24) is 9.62 Å². The molecule has 26 heavy (non-hydrogen) atoms. The average molecular weight is 460 g/mol. The van der Waals surface area contributed by atoms with Crippen LogP contribution in [0, 0.1) is 0 Å². The van der Waals surface area contributed by atoms with Crippen LogP contribution in [0.25, 0.3) is 0 Å². The number of ether oxygens (including phenoxy) is 1. The summed E-state index contributed by atoms with van der Waals surface area (Å²) in [6, 6.07) is 14.0. The summed E-state index contributed by atoms with van der Waals surface area (Å²) in [5.74, 6) is 0. The number of nitrogens with zero attached hydrogens (tertiary/aromatic N) is 1. The van der Waals surface area contributed by atoms with Crippen molar-refractivity contribution in [2.24, 2.45) is 0 Å². The molecule has 1 heterocycles. The Kier molecular flexibility index (Phi) is 6.71. The van der Waals surface area contributed by atoms with E-state index in [1.807, 2.05) is 30.3 Å². The van der Waals surface area contributed by atoms with E-state index in [4.69, 9.17) is 16.3 Å². The predicted octanol–water partition coefficient (Wildman–Crippen LogP) is 3.45. The largest absolute Gasteiger partial charge is 0.379 e. The van der Waals surface area contributed by atoms with Crippen molar-refractivity contribution in [1.29, 1.82) is 0 Å². The molecular formula is C18H20BrClN2O3S. The lowest BCUT2D eigenvalue weighted by molar-refractivity contribution is 0.0345. The molecule has 3 rings (SSSR count). The number of morpholine rings is 1. The first kappa shape index (κ1) is 19.8. The third kappa shape index (κ3) is 5.06. The Morgan fingerprint density at radius 2 is 1.85 bits per heavy atom. The lowest BCUT2D eigenvalue weighted by atomic mass is 10.1. The highest BCUT2D eigenvalue weighted by atomic mass is 79.9. The van der Waals surface area contributed by atoms with Gasteiger partial charge in [-0.25, -0.2) is 13.1 Å². The molecule has 0 bridgehead atoms. The van der Waals surface area contributed by atoms with E-state index in [0.29, 0.717) is 19.8 Å². The highest BCUT2D eigenvalue weighted by molar-refractivity contribution is 9.10. The Morgan fingerprint density at radius 1 is 1.15 bits per heavy atom. The topological polar surface area (TPSA) is 58.6 Å². The molecule has 1 aliphatic rings. The van der Waals surface area contributed by atoms with Gasteiger partial charge in [-0.15, -0.1) is 0 Å². The smallest absolute Gasteiger partial charge is 0.242 e. The summed E-state index contributed by atoms with van der Waals surface area (Å²) in [7, 11) is -3.77. The molecule has 8 heteroatoms. The monoisotopic (exact) mass is 458 g/mol. The maximum atomic E-state index is 12.9. The fourth-order valence-electron chi connectivity index (χ4n) is 2.88. The third-order valence-electron chi connectivity index (χ3n) is 4.23. The fraction of sp³-hybridized carbons (Fsp3) is 0.333. The van der Waals surface area contributed by atoms with Gasteiger partial charge in [0.25, 0.3) is 0 Å². The van der Waals surface area contributed by atoms with Gasteiger partial charge >= 0.3 is 0 Å². The molecule has 0 radical (unpaired) electrons. The van der Waals surface area contributed by atoms with Gasteiger partial charge < -0.3 is 4.74 Å². The molecular weight excluding hydrogens is 440 g/mol. The van der Waals surface area contributed by atoms with Gasteiger partial charge in [0.15, 0.2) is 0 Å². The lowest BCUT2D eigenvalue weighted by Crippen LogP contribution is -2.43. The molecule has 1 fully saturated rings. The highest BCUT2D eigenvalue weighted by Crippen LogP contribution is 2.27. The van der Waals surface area contributed by atoms with Crippen molar-refractivity contribution < 1.29 is 13.2 Å². The van der Waals surface area contributed by atoms with Crippen LogP contribution in [0.1, 0.15) is 11.6 Å². The number of hydrogen-bond acceptors (Lipinski definition) is 4. The van der Waals surface area contributed by atoms with E-state index in [0.717, 1.165) is 23.1 Å². The first-order valence-electron chi connectivity index (χ1n) is 8.28. The first-order chi connectivity index (χ1) is 12.5. The van der Waals surface area contributed by atoms with Gasteiger partial charge in [-0.1, -0.05) is 57.9 Å². The molecule has 1 atom stereocenters. The van der Waals surface area contributed by atoms with E-state index in [9.17, 15) is 8.42 Å². The number of benzene rings is 2. The summed E-state index contributed by atoms with van der Waals surface area (Å²) >= 11 is 9.46. The van der Waals surface area contributed by atoms with E-state index < -0.39 is 10.0 Å². The van der Waals surface area contributed by atoms with Gasteiger partial charge in [-0.05, 0) is 23.8 Å². The van der Waals surface area contributed by atoms with E-state index in [2.05, 4.69) is 25.6 Å². The van der Waals surface area contributed by atoms with Crippen LogP contribution in [-0.4, -0.2) is 46.2 Å². The molecule has 5 nitrogen and oxygen atoms in total. The maximum absolute atomic E-state index is 12.9. The van der Waals surface area contributed by atoms with Crippen LogP contribution in [-0.2, 0) is 14.8 Å². The van der Waals surface area contributed by atoms with Crippen LogP contribution in [0.4, 0.5) is 0 Å². The molecule has 1 aliphatic heterocycles. The molecule has 0 aliphatic carbocycles. The fourth-order valence-corrected chi connectivity index (χ4v) is 5.14. The van der Waals surface area contributed by atoms with Crippen LogP contribution in [0.3, 0.4) is 0 Å². The average Bonchev–Trinajstić information content (AvgIpc) is 2.62. The van der Waals surface area contributed by atoms with Gasteiger partial charge in [-0.3, -0.25) is 4.90 Å². The van der Waals surface area contributed by atoms with Crippen LogP contribution in [0.5, 0.6) is 0 Å². The minimum atomic E-state index is -3.77. The summed E-state index contributed by atoms with van der Waals surface area (Å²) in [4.78, 5) is 2.28. The molecule has 0 aromatic heterocycles. The SMILES string of the molecule is O=S(=O)(N[C@H](CN1CCOCC1)c1ccccc1)c1ccc(Br)cc1Cl. The Labute approximate surface area is 167 Å². The standard InChI is InChI=1S/C18H20BrClN2O3S/c19-15-6-7-18(16(20)12-15)26(23,24)21-17(14-4-2-1-3-5-14)13-22-8-10-25-11-9-22/h1-7,12,17,21H,8-11,13H2/t17-/m1/s1. The van der Waals surface area contributed by atoms with Gasteiger partial charge in [0, 0.05) is 24.1 Å². The molecule has 2 aromatic rings. The Hall–Kier alpha value is -0.960. The van der Waals surface area contributed by atoms with Gasteiger partial charge in [0.05, 0.1) is 24.3 Å². The van der Waals surface area contributed by atoms with Gasteiger partial charge in [0.2, 0.25) is 10.0 Å². The molecule has 140 valence electrons. The van der Waals surface area contributed by atoms with Crippen molar-refractivity contribution in [3.8, 4) is 0 Å². The zero-order valence-electron chi connectivity index (χ0n) is 14.1. The van der Waals surface area contributed by atoms with Gasteiger partial charge in [-0.2, -0.15) is 0 Å². The molecule has 0 amide bonds. The molecule has 1 saturated heterocycles. The number of halogens is 2. The normalized spacial score (nSPS) is 17.2. The van der Waals surface area contributed by atoms with Crippen molar-refractivity contribution in [2.75, 3.05) is 32.8 Å². The first-order valence-corrected chi connectivity index (χ1v) is 10.9. The van der Waals surface area contributed by atoms with Crippen molar-refractivity contribution >= 4 is 37.6 Å². The minimum Gasteiger partial charge on any atom is -0.379 e. The minimum absolute atomic E-state index is 0.0743. The number of sulfonamides is 1. The van der Waals surface area contributed by atoms with E-state index in [1.165, 1.54) is 6.07 Å². The molecule has 0 saturated carbocycles. The maximum Gasteiger partial charge on any atom is 0.242 e. The predicted molar refractivity (Wildman–Crippen MR) is 106 cm³/mol. The van der Waals surface area contributed by atoms with E-state index >= 15 is 0 Å². The van der Waals surface area contributed by atoms with Crippen molar-refractivity contribution in [3.63, 3.8) is 0 Å². The zero-order valence-corrected chi connectivity index (χ0v) is 17.2. The second-order valence-corrected chi connectivity index (χ2v) is 9.08. The third-order valence-corrected chi connectivity index (χ3v) is 6.68. The number of hydrogen-bond donors (Lipinski definition) is 1. The van der Waals surface area contributed by atoms with Crippen molar-refractivity contribution in [3.05, 3.63) is 63.6 Å². The number of nitrogens with one attached hydrogen (secondary N) is 1. The van der Waals surface area contributed by atoms with Crippen molar-refractivity contribution in [2.45, 2.75) is 10.9 Å². The van der Waals surface area contributed by atoms with Crippen LogP contribution in [0.15, 0.2) is 57.9 Å². The zero-order chi connectivity index (χ0) is 18.6. The second-order valence-electron chi connectivity index (χ2n) is 6.07. The molecule has 0 unspecified atom stereocenters. The number of rotatable bonds is 6. The van der Waals surface area contributed by atoms with Gasteiger partial charge in [0.1, 0.15) is 4.90 Å². The summed E-state index contributed by atoms with van der Waals surface area (Å²) in [5, 5.41) is 0.185. The Morgan fingerprint density at radius 3 is 2.50 bits per heavy atom. The highest BCUT2D eigenvalue weighted by Gasteiger charge is 2.26.